The highest BCUT2D eigenvalue weighted by Gasteiger charge is 2.26. The maximum absolute atomic E-state index is 13.8. The molecule has 0 atom stereocenters. The van der Waals surface area contributed by atoms with E-state index in [1.165, 1.54) is 19.2 Å². The van der Waals surface area contributed by atoms with Crippen molar-refractivity contribution in [2.75, 3.05) is 13.7 Å². The Hall–Kier alpha value is -2.11. The lowest BCUT2D eigenvalue weighted by atomic mass is 10.1. The van der Waals surface area contributed by atoms with E-state index in [-0.39, 0.29) is 17.4 Å². The number of hydrogen-bond donors (Lipinski definition) is 1. The number of nitrogens with zero attached hydrogens (tertiary/aromatic N) is 1. The number of aliphatic carboxylic acids is 1. The summed E-state index contributed by atoms with van der Waals surface area (Å²) in [5.74, 6) is -2.51. The molecular weight excluding hydrogens is 253 g/mol. The highest BCUT2D eigenvalue weighted by atomic mass is 19.1. The van der Waals surface area contributed by atoms with Crippen LogP contribution in [0.5, 0.6) is 5.75 Å². The van der Waals surface area contributed by atoms with E-state index in [9.17, 15) is 14.0 Å². The number of carboxylic acids is 1. The number of ether oxygens (including phenoxy) is 1. The molecule has 19 heavy (non-hydrogen) atoms. The lowest BCUT2D eigenvalue weighted by molar-refractivity contribution is -0.138. The van der Waals surface area contributed by atoms with Crippen molar-refractivity contribution in [3.63, 3.8) is 0 Å². The van der Waals surface area contributed by atoms with Crippen molar-refractivity contribution in [1.82, 2.24) is 4.90 Å². The molecule has 0 aromatic heterocycles. The third kappa shape index (κ3) is 3.43. The van der Waals surface area contributed by atoms with Gasteiger partial charge in [-0.2, -0.15) is 0 Å². The van der Waals surface area contributed by atoms with Gasteiger partial charge in [-0.1, -0.05) is 6.07 Å². The van der Waals surface area contributed by atoms with Crippen LogP contribution in [-0.2, 0) is 4.79 Å². The van der Waals surface area contributed by atoms with Crippen LogP contribution in [-0.4, -0.2) is 41.6 Å². The molecule has 0 saturated carbocycles. The van der Waals surface area contributed by atoms with Crippen molar-refractivity contribution in [3.8, 4) is 5.75 Å². The fourth-order valence-corrected chi connectivity index (χ4v) is 1.66. The molecule has 0 unspecified atom stereocenters. The summed E-state index contributed by atoms with van der Waals surface area (Å²) in [5.41, 5.74) is -0.250. The topological polar surface area (TPSA) is 66.8 Å². The molecule has 0 aliphatic rings. The molecule has 0 aliphatic carbocycles. The Bertz CT molecular complexity index is 488. The largest absolute Gasteiger partial charge is 0.496 e. The second kappa shape index (κ2) is 6.17. The summed E-state index contributed by atoms with van der Waals surface area (Å²) in [6.45, 7) is 2.83. The summed E-state index contributed by atoms with van der Waals surface area (Å²) in [5, 5.41) is 8.81. The summed E-state index contributed by atoms with van der Waals surface area (Å²) >= 11 is 0. The van der Waals surface area contributed by atoms with Crippen molar-refractivity contribution < 1.29 is 23.8 Å². The van der Waals surface area contributed by atoms with Gasteiger partial charge in [0.05, 0.1) is 7.11 Å². The zero-order chi connectivity index (χ0) is 14.6. The second-order valence-corrected chi connectivity index (χ2v) is 4.24. The number of hydrogen-bond acceptors (Lipinski definition) is 3. The molecular formula is C13H16FNO4. The standard InChI is InChI=1S/C13H16FNO4/c1-8(2)15(7-11(16)17)13(18)12-9(14)5-4-6-10(12)19-3/h4-6,8H,7H2,1-3H3,(H,16,17). The minimum atomic E-state index is -1.16. The number of carbonyl (C=O) groups is 2. The van der Waals surface area contributed by atoms with E-state index in [1.54, 1.807) is 13.8 Å². The maximum atomic E-state index is 13.8. The molecule has 0 saturated heterocycles. The van der Waals surface area contributed by atoms with Crippen LogP contribution in [0.1, 0.15) is 24.2 Å². The summed E-state index contributed by atoms with van der Waals surface area (Å²) in [6.07, 6.45) is 0. The highest BCUT2D eigenvalue weighted by Crippen LogP contribution is 2.23. The molecule has 0 fully saturated rings. The van der Waals surface area contributed by atoms with Crippen LogP contribution < -0.4 is 4.74 Å². The van der Waals surface area contributed by atoms with Crippen LogP contribution in [0, 0.1) is 5.82 Å². The molecule has 0 radical (unpaired) electrons. The number of carboxylic acid groups (broad SMARTS) is 1. The van der Waals surface area contributed by atoms with Crippen LogP contribution in [0.4, 0.5) is 4.39 Å². The smallest absolute Gasteiger partial charge is 0.323 e. The lowest BCUT2D eigenvalue weighted by Gasteiger charge is -2.25. The number of methoxy groups -OCH3 is 1. The normalized spacial score (nSPS) is 10.4. The van der Waals surface area contributed by atoms with Gasteiger partial charge in [0.1, 0.15) is 23.7 Å². The van der Waals surface area contributed by atoms with E-state index in [4.69, 9.17) is 9.84 Å². The third-order valence-corrected chi connectivity index (χ3v) is 2.60. The first-order valence-electron chi connectivity index (χ1n) is 5.73. The Balaban J connectivity index is 3.20. The molecule has 1 aromatic rings. The second-order valence-electron chi connectivity index (χ2n) is 4.24. The van der Waals surface area contributed by atoms with Gasteiger partial charge in [0.25, 0.3) is 5.91 Å². The maximum Gasteiger partial charge on any atom is 0.323 e. The number of benzene rings is 1. The van der Waals surface area contributed by atoms with Crippen molar-refractivity contribution in [2.24, 2.45) is 0 Å². The van der Waals surface area contributed by atoms with E-state index in [2.05, 4.69) is 0 Å². The van der Waals surface area contributed by atoms with Crippen LogP contribution in [0.2, 0.25) is 0 Å². The predicted molar refractivity (Wildman–Crippen MR) is 66.8 cm³/mol. The van der Waals surface area contributed by atoms with Gasteiger partial charge in [0, 0.05) is 6.04 Å². The molecule has 0 aliphatic heterocycles. The zero-order valence-corrected chi connectivity index (χ0v) is 11.0. The fraction of sp³-hybridized carbons (Fsp3) is 0.385. The van der Waals surface area contributed by atoms with E-state index in [0.29, 0.717) is 0 Å². The van der Waals surface area contributed by atoms with Crippen molar-refractivity contribution >= 4 is 11.9 Å². The van der Waals surface area contributed by atoms with Gasteiger partial charge in [0.2, 0.25) is 0 Å². The molecule has 1 aromatic carbocycles. The first-order chi connectivity index (χ1) is 8.88. The van der Waals surface area contributed by atoms with Crippen LogP contribution in [0.3, 0.4) is 0 Å². The van der Waals surface area contributed by atoms with E-state index in [0.717, 1.165) is 11.0 Å². The summed E-state index contributed by atoms with van der Waals surface area (Å²) in [4.78, 5) is 24.1. The molecule has 104 valence electrons. The van der Waals surface area contributed by atoms with E-state index >= 15 is 0 Å². The van der Waals surface area contributed by atoms with Gasteiger partial charge in [-0.25, -0.2) is 4.39 Å². The Morgan fingerprint density at radius 1 is 1.42 bits per heavy atom. The molecule has 0 bridgehead atoms. The number of halogens is 1. The SMILES string of the molecule is COc1cccc(F)c1C(=O)N(CC(=O)O)C(C)C. The number of amides is 1. The van der Waals surface area contributed by atoms with Crippen molar-refractivity contribution in [2.45, 2.75) is 19.9 Å². The first-order valence-corrected chi connectivity index (χ1v) is 5.73. The average molecular weight is 269 g/mol. The Morgan fingerprint density at radius 3 is 2.53 bits per heavy atom. The molecule has 0 heterocycles. The van der Waals surface area contributed by atoms with Gasteiger partial charge in [0.15, 0.2) is 0 Å². The van der Waals surface area contributed by atoms with Crippen LogP contribution in [0.25, 0.3) is 0 Å². The molecule has 1 rings (SSSR count). The zero-order valence-electron chi connectivity index (χ0n) is 11.0. The summed E-state index contributed by atoms with van der Waals surface area (Å²) in [6, 6.07) is 3.64. The van der Waals surface area contributed by atoms with Gasteiger partial charge in [-0.05, 0) is 26.0 Å². The van der Waals surface area contributed by atoms with Gasteiger partial charge >= 0.3 is 5.97 Å². The highest BCUT2D eigenvalue weighted by molar-refractivity contribution is 5.98. The molecule has 1 amide bonds. The molecule has 6 heteroatoms. The first kappa shape index (κ1) is 14.9. The minimum absolute atomic E-state index is 0.0843. The summed E-state index contributed by atoms with van der Waals surface area (Å²) < 4.78 is 18.7. The summed E-state index contributed by atoms with van der Waals surface area (Å²) in [7, 11) is 1.32. The van der Waals surface area contributed by atoms with Gasteiger partial charge in [-0.15, -0.1) is 0 Å². The minimum Gasteiger partial charge on any atom is -0.496 e. The number of rotatable bonds is 5. The fourth-order valence-electron chi connectivity index (χ4n) is 1.66. The van der Waals surface area contributed by atoms with Gasteiger partial charge in [-0.3, -0.25) is 9.59 Å². The number of carbonyl (C=O) groups excluding carboxylic acids is 1. The van der Waals surface area contributed by atoms with Crippen molar-refractivity contribution in [1.29, 1.82) is 0 Å². The van der Waals surface area contributed by atoms with Crippen LogP contribution in [0.15, 0.2) is 18.2 Å². The monoisotopic (exact) mass is 269 g/mol. The Labute approximate surface area is 110 Å². The third-order valence-electron chi connectivity index (χ3n) is 2.60. The van der Waals surface area contributed by atoms with Crippen LogP contribution >= 0.6 is 0 Å². The van der Waals surface area contributed by atoms with E-state index in [1.807, 2.05) is 0 Å². The van der Waals surface area contributed by atoms with Gasteiger partial charge < -0.3 is 14.7 Å². The van der Waals surface area contributed by atoms with Crippen molar-refractivity contribution in [3.05, 3.63) is 29.6 Å². The Kier molecular flexibility index (Phi) is 4.86. The molecule has 0 spiro atoms. The van der Waals surface area contributed by atoms with E-state index < -0.39 is 24.2 Å². The molecule has 5 nitrogen and oxygen atoms in total. The lowest BCUT2D eigenvalue weighted by Crippen LogP contribution is -2.41. The molecule has 1 N–H and O–H groups in total. The average Bonchev–Trinajstić information content (AvgIpc) is 2.34. The predicted octanol–water partition coefficient (Wildman–Crippen LogP) is 1.77. The Morgan fingerprint density at radius 2 is 2.05 bits per heavy atom. The quantitative estimate of drug-likeness (QED) is 0.884.